The summed E-state index contributed by atoms with van der Waals surface area (Å²) in [6.45, 7) is 8.40. The fraction of sp³-hybridized carbons (Fsp3) is 0.800. The van der Waals surface area contributed by atoms with Crippen molar-refractivity contribution in [1.82, 2.24) is 10.2 Å². The largest absolute Gasteiger partial charge is 0.464 e. The van der Waals surface area contributed by atoms with Crippen molar-refractivity contribution in [3.05, 3.63) is 0 Å². The number of carbonyl (C=O) groups excluding carboxylic acids is 3. The zero-order valence-electron chi connectivity index (χ0n) is 13.4. The molecule has 0 saturated carbocycles. The van der Waals surface area contributed by atoms with Crippen LogP contribution in [0.25, 0.3) is 0 Å². The van der Waals surface area contributed by atoms with Gasteiger partial charge >= 0.3 is 5.97 Å². The van der Waals surface area contributed by atoms with Gasteiger partial charge in [0.2, 0.25) is 11.8 Å². The highest BCUT2D eigenvalue weighted by Crippen LogP contribution is 2.19. The van der Waals surface area contributed by atoms with Crippen molar-refractivity contribution in [2.24, 2.45) is 5.41 Å². The molecule has 0 aromatic carbocycles. The van der Waals surface area contributed by atoms with Crippen LogP contribution in [0.15, 0.2) is 0 Å². The van der Waals surface area contributed by atoms with Gasteiger partial charge in [0.25, 0.3) is 0 Å². The fourth-order valence-electron chi connectivity index (χ4n) is 2.24. The van der Waals surface area contributed by atoms with Crippen LogP contribution >= 0.6 is 0 Å². The highest BCUT2D eigenvalue weighted by atomic mass is 16.5. The number of carbonyl (C=O) groups is 3. The Labute approximate surface area is 126 Å². The van der Waals surface area contributed by atoms with E-state index >= 15 is 0 Å². The Morgan fingerprint density at radius 1 is 1.29 bits per heavy atom. The summed E-state index contributed by atoms with van der Waals surface area (Å²) in [4.78, 5) is 37.2. The SMILES string of the molecule is CCOC(=O)C1CCCN1C(=O)CCNC(=O)C(C)(C)C. The molecule has 2 amide bonds. The van der Waals surface area contributed by atoms with Crippen molar-refractivity contribution in [3.63, 3.8) is 0 Å². The Kier molecular flexibility index (Phi) is 6.18. The van der Waals surface area contributed by atoms with Crippen LogP contribution in [-0.2, 0) is 19.1 Å². The lowest BCUT2D eigenvalue weighted by Crippen LogP contribution is -2.43. The van der Waals surface area contributed by atoms with Gasteiger partial charge in [-0.3, -0.25) is 9.59 Å². The van der Waals surface area contributed by atoms with Crippen molar-refractivity contribution in [1.29, 1.82) is 0 Å². The molecule has 1 fully saturated rings. The van der Waals surface area contributed by atoms with E-state index in [0.717, 1.165) is 6.42 Å². The van der Waals surface area contributed by atoms with Gasteiger partial charge in [-0.25, -0.2) is 4.79 Å². The normalized spacial score (nSPS) is 18.5. The van der Waals surface area contributed by atoms with Gasteiger partial charge in [-0.2, -0.15) is 0 Å². The van der Waals surface area contributed by atoms with Crippen LogP contribution in [0.4, 0.5) is 0 Å². The number of likely N-dealkylation sites (tertiary alicyclic amines) is 1. The predicted molar refractivity (Wildman–Crippen MR) is 78.4 cm³/mol. The minimum absolute atomic E-state index is 0.0846. The Bertz CT molecular complexity index is 401. The minimum atomic E-state index is -0.468. The first kappa shape index (κ1) is 17.5. The van der Waals surface area contributed by atoms with Crippen LogP contribution in [0.1, 0.15) is 47.0 Å². The smallest absolute Gasteiger partial charge is 0.328 e. The van der Waals surface area contributed by atoms with Crippen molar-refractivity contribution in [2.45, 2.75) is 53.0 Å². The third-order valence-electron chi connectivity index (χ3n) is 3.44. The van der Waals surface area contributed by atoms with E-state index in [0.29, 0.717) is 26.1 Å². The van der Waals surface area contributed by atoms with E-state index in [2.05, 4.69) is 5.32 Å². The number of ether oxygens (including phenoxy) is 1. The van der Waals surface area contributed by atoms with Crippen LogP contribution in [0.5, 0.6) is 0 Å². The molecule has 1 aliphatic rings. The number of hydrogen-bond donors (Lipinski definition) is 1. The van der Waals surface area contributed by atoms with E-state index in [4.69, 9.17) is 4.74 Å². The number of amides is 2. The summed E-state index contributed by atoms with van der Waals surface area (Å²) in [6.07, 6.45) is 1.67. The van der Waals surface area contributed by atoms with Gasteiger partial charge in [0.05, 0.1) is 6.61 Å². The molecule has 0 aliphatic carbocycles. The van der Waals surface area contributed by atoms with E-state index in [-0.39, 0.29) is 24.2 Å². The lowest BCUT2D eigenvalue weighted by molar-refractivity contribution is -0.153. The summed E-state index contributed by atoms with van der Waals surface area (Å²) < 4.78 is 4.99. The third kappa shape index (κ3) is 5.02. The molecular weight excluding hydrogens is 272 g/mol. The molecule has 1 unspecified atom stereocenters. The van der Waals surface area contributed by atoms with Gasteiger partial charge in [-0.1, -0.05) is 20.8 Å². The third-order valence-corrected chi connectivity index (χ3v) is 3.44. The minimum Gasteiger partial charge on any atom is -0.464 e. The Morgan fingerprint density at radius 2 is 1.95 bits per heavy atom. The van der Waals surface area contributed by atoms with E-state index in [1.807, 2.05) is 20.8 Å². The summed E-state index contributed by atoms with van der Waals surface area (Å²) >= 11 is 0. The summed E-state index contributed by atoms with van der Waals surface area (Å²) in [5.74, 6) is -0.527. The first-order valence-electron chi connectivity index (χ1n) is 7.51. The molecule has 0 spiro atoms. The van der Waals surface area contributed by atoms with Crippen LogP contribution in [0, 0.1) is 5.41 Å². The quantitative estimate of drug-likeness (QED) is 0.771. The monoisotopic (exact) mass is 298 g/mol. The molecule has 1 atom stereocenters. The summed E-state index contributed by atoms with van der Waals surface area (Å²) in [7, 11) is 0. The Hall–Kier alpha value is -1.59. The lowest BCUT2D eigenvalue weighted by Gasteiger charge is -2.23. The molecule has 1 saturated heterocycles. The molecule has 120 valence electrons. The van der Waals surface area contributed by atoms with Gasteiger partial charge in [0.15, 0.2) is 0 Å². The summed E-state index contributed by atoms with van der Waals surface area (Å²) in [5.41, 5.74) is -0.468. The second kappa shape index (κ2) is 7.43. The van der Waals surface area contributed by atoms with Gasteiger partial charge in [0.1, 0.15) is 6.04 Å². The van der Waals surface area contributed by atoms with Crippen LogP contribution in [0.2, 0.25) is 0 Å². The highest BCUT2D eigenvalue weighted by Gasteiger charge is 2.34. The molecule has 21 heavy (non-hydrogen) atoms. The maximum atomic E-state index is 12.2. The Morgan fingerprint density at radius 3 is 2.52 bits per heavy atom. The van der Waals surface area contributed by atoms with Crippen molar-refractivity contribution >= 4 is 17.8 Å². The number of esters is 1. The molecule has 0 radical (unpaired) electrons. The zero-order valence-corrected chi connectivity index (χ0v) is 13.4. The standard InChI is InChI=1S/C15H26N2O4/c1-5-21-13(19)11-7-6-10-17(11)12(18)8-9-16-14(20)15(2,3)4/h11H,5-10H2,1-4H3,(H,16,20). The van der Waals surface area contributed by atoms with Crippen molar-refractivity contribution in [2.75, 3.05) is 19.7 Å². The van der Waals surface area contributed by atoms with Crippen LogP contribution < -0.4 is 5.32 Å². The lowest BCUT2D eigenvalue weighted by atomic mass is 9.96. The van der Waals surface area contributed by atoms with E-state index in [1.165, 1.54) is 0 Å². The topological polar surface area (TPSA) is 75.7 Å². The molecule has 6 nitrogen and oxygen atoms in total. The van der Waals surface area contributed by atoms with E-state index in [9.17, 15) is 14.4 Å². The molecule has 1 aliphatic heterocycles. The van der Waals surface area contributed by atoms with Gasteiger partial charge in [0, 0.05) is 24.9 Å². The zero-order chi connectivity index (χ0) is 16.0. The number of hydrogen-bond acceptors (Lipinski definition) is 4. The highest BCUT2D eigenvalue weighted by molar-refractivity contribution is 5.86. The molecule has 1 heterocycles. The molecule has 1 rings (SSSR count). The first-order chi connectivity index (χ1) is 9.77. The van der Waals surface area contributed by atoms with Gasteiger partial charge < -0.3 is 15.0 Å². The molecule has 0 aromatic heterocycles. The Balaban J connectivity index is 2.44. The van der Waals surface area contributed by atoms with Crippen LogP contribution in [0.3, 0.4) is 0 Å². The van der Waals surface area contributed by atoms with Crippen molar-refractivity contribution < 1.29 is 19.1 Å². The van der Waals surface area contributed by atoms with Crippen LogP contribution in [-0.4, -0.2) is 48.4 Å². The molecule has 0 bridgehead atoms. The number of nitrogens with one attached hydrogen (secondary N) is 1. The fourth-order valence-corrected chi connectivity index (χ4v) is 2.24. The molecule has 6 heteroatoms. The van der Waals surface area contributed by atoms with E-state index < -0.39 is 11.5 Å². The maximum Gasteiger partial charge on any atom is 0.328 e. The number of rotatable bonds is 5. The summed E-state index contributed by atoms with van der Waals surface area (Å²) in [6, 6.07) is -0.462. The van der Waals surface area contributed by atoms with Crippen molar-refractivity contribution in [3.8, 4) is 0 Å². The second-order valence-electron chi connectivity index (χ2n) is 6.25. The molecule has 0 aromatic rings. The summed E-state index contributed by atoms with van der Waals surface area (Å²) in [5, 5.41) is 2.74. The number of nitrogens with zero attached hydrogens (tertiary/aromatic N) is 1. The average molecular weight is 298 g/mol. The second-order valence-corrected chi connectivity index (χ2v) is 6.25. The predicted octanol–water partition coefficient (Wildman–Crippen LogP) is 1.09. The average Bonchev–Trinajstić information content (AvgIpc) is 2.86. The molecular formula is C15H26N2O4. The molecule has 1 N–H and O–H groups in total. The van der Waals surface area contributed by atoms with Gasteiger partial charge in [-0.15, -0.1) is 0 Å². The van der Waals surface area contributed by atoms with E-state index in [1.54, 1.807) is 11.8 Å². The maximum absolute atomic E-state index is 12.2. The van der Waals surface area contributed by atoms with Gasteiger partial charge in [-0.05, 0) is 19.8 Å². The first-order valence-corrected chi connectivity index (χ1v) is 7.51.